The summed E-state index contributed by atoms with van der Waals surface area (Å²) in [6.07, 6.45) is 3.14. The summed E-state index contributed by atoms with van der Waals surface area (Å²) in [4.78, 5) is 23.0. The molecule has 0 bridgehead atoms. The summed E-state index contributed by atoms with van der Waals surface area (Å²) in [5.41, 5.74) is 2.49. The van der Waals surface area contributed by atoms with Crippen molar-refractivity contribution in [3.63, 3.8) is 0 Å². The molecule has 4 heteroatoms. The van der Waals surface area contributed by atoms with E-state index in [0.29, 0.717) is 11.1 Å². The Morgan fingerprint density at radius 2 is 1.00 bits per heavy atom. The van der Waals surface area contributed by atoms with Gasteiger partial charge in [-0.3, -0.25) is 0 Å². The fourth-order valence-corrected chi connectivity index (χ4v) is 1.26. The van der Waals surface area contributed by atoms with E-state index in [1.54, 1.807) is 39.8 Å². The van der Waals surface area contributed by atoms with Crippen LogP contribution in [0, 0.1) is 0 Å². The van der Waals surface area contributed by atoms with E-state index < -0.39 is 11.9 Å². The minimum atomic E-state index is -0.427. The van der Waals surface area contributed by atoms with E-state index in [1.807, 2.05) is 0 Å². The highest BCUT2D eigenvalue weighted by Gasteiger charge is 2.11. The normalized spacial score (nSPS) is 9.89. The van der Waals surface area contributed by atoms with Crippen LogP contribution in [0.4, 0.5) is 0 Å². The molecule has 0 aromatic heterocycles. The maximum Gasteiger partial charge on any atom is 0.337 e. The van der Waals surface area contributed by atoms with Crippen LogP contribution in [0.25, 0.3) is 0 Å². The second kappa shape index (κ2) is 7.48. The van der Waals surface area contributed by atoms with E-state index in [0.717, 1.165) is 11.1 Å². The van der Waals surface area contributed by atoms with Crippen molar-refractivity contribution in [2.75, 3.05) is 14.2 Å². The molecular formula is C14H20O4. The van der Waals surface area contributed by atoms with Gasteiger partial charge in [0.05, 0.1) is 25.4 Å². The number of allylic oxidation sites excluding steroid dienone is 2. The van der Waals surface area contributed by atoms with Crippen LogP contribution >= 0.6 is 0 Å². The van der Waals surface area contributed by atoms with Crippen LogP contribution in [0.15, 0.2) is 34.4 Å². The van der Waals surface area contributed by atoms with Crippen molar-refractivity contribution in [1.82, 2.24) is 0 Å². The first-order valence-electron chi connectivity index (χ1n) is 5.54. The predicted octanol–water partition coefficient (Wildman–Crippen LogP) is 2.56. The Labute approximate surface area is 108 Å². The summed E-state index contributed by atoms with van der Waals surface area (Å²) in [6.45, 7) is 7.21. The third-order valence-corrected chi connectivity index (χ3v) is 2.30. The molecule has 0 radical (unpaired) electrons. The zero-order chi connectivity index (χ0) is 14.3. The number of hydrogen-bond donors (Lipinski definition) is 0. The highest BCUT2D eigenvalue weighted by Crippen LogP contribution is 2.12. The summed E-state index contributed by atoms with van der Waals surface area (Å²) in [5.74, 6) is -0.853. The molecule has 100 valence electrons. The molecule has 0 spiro atoms. The topological polar surface area (TPSA) is 52.6 Å². The molecule has 0 fully saturated rings. The van der Waals surface area contributed by atoms with Crippen LogP contribution in [0.5, 0.6) is 0 Å². The van der Waals surface area contributed by atoms with Crippen molar-refractivity contribution in [3.05, 3.63) is 34.4 Å². The van der Waals surface area contributed by atoms with Crippen LogP contribution in [0.1, 0.15) is 27.7 Å². The van der Waals surface area contributed by atoms with Crippen molar-refractivity contribution in [2.24, 2.45) is 0 Å². The number of carbonyl (C=O) groups is 2. The van der Waals surface area contributed by atoms with Crippen LogP contribution in [-0.4, -0.2) is 26.2 Å². The van der Waals surface area contributed by atoms with Crippen molar-refractivity contribution in [1.29, 1.82) is 0 Å². The molecule has 4 nitrogen and oxygen atoms in total. The minimum Gasteiger partial charge on any atom is -0.465 e. The lowest BCUT2D eigenvalue weighted by Gasteiger charge is -2.05. The van der Waals surface area contributed by atoms with E-state index in [1.165, 1.54) is 14.2 Å². The molecule has 0 aliphatic carbocycles. The first-order valence-corrected chi connectivity index (χ1v) is 5.54. The molecule has 0 heterocycles. The van der Waals surface area contributed by atoms with Crippen LogP contribution in [-0.2, 0) is 19.1 Å². The zero-order valence-electron chi connectivity index (χ0n) is 11.8. The van der Waals surface area contributed by atoms with Gasteiger partial charge in [0.25, 0.3) is 0 Å². The Morgan fingerprint density at radius 1 is 0.722 bits per heavy atom. The van der Waals surface area contributed by atoms with Gasteiger partial charge in [-0.25, -0.2) is 9.59 Å². The Bertz CT molecular complexity index is 377. The highest BCUT2D eigenvalue weighted by molar-refractivity contribution is 5.95. The number of rotatable bonds is 4. The fourth-order valence-electron chi connectivity index (χ4n) is 1.26. The van der Waals surface area contributed by atoms with Gasteiger partial charge in [-0.2, -0.15) is 0 Å². The predicted molar refractivity (Wildman–Crippen MR) is 69.9 cm³/mol. The molecule has 0 aliphatic heterocycles. The second-order valence-electron chi connectivity index (χ2n) is 4.14. The molecule has 0 saturated heterocycles. The SMILES string of the molecule is COC(=O)C(C=CC(C(=O)OC)=C(C)C)=C(C)C. The number of carbonyl (C=O) groups excluding carboxylic acids is 2. The monoisotopic (exact) mass is 252 g/mol. The Hall–Kier alpha value is -1.84. The van der Waals surface area contributed by atoms with Crippen molar-refractivity contribution in [2.45, 2.75) is 27.7 Å². The van der Waals surface area contributed by atoms with Crippen molar-refractivity contribution >= 4 is 11.9 Å². The van der Waals surface area contributed by atoms with Gasteiger partial charge >= 0.3 is 11.9 Å². The minimum absolute atomic E-state index is 0.427. The average Bonchev–Trinajstić information content (AvgIpc) is 2.31. The molecule has 0 N–H and O–H groups in total. The molecule has 0 amide bonds. The summed E-state index contributed by atoms with van der Waals surface area (Å²) < 4.78 is 9.35. The second-order valence-corrected chi connectivity index (χ2v) is 4.14. The van der Waals surface area contributed by atoms with E-state index in [2.05, 4.69) is 9.47 Å². The van der Waals surface area contributed by atoms with Gasteiger partial charge in [-0.15, -0.1) is 0 Å². The number of hydrogen-bond acceptors (Lipinski definition) is 4. The van der Waals surface area contributed by atoms with Gasteiger partial charge in [0.1, 0.15) is 0 Å². The molecular weight excluding hydrogens is 232 g/mol. The summed E-state index contributed by atoms with van der Waals surface area (Å²) in [5, 5.41) is 0. The summed E-state index contributed by atoms with van der Waals surface area (Å²) >= 11 is 0. The number of esters is 2. The largest absolute Gasteiger partial charge is 0.465 e. The van der Waals surface area contributed by atoms with E-state index in [4.69, 9.17) is 0 Å². The fraction of sp³-hybridized carbons (Fsp3) is 0.429. The van der Waals surface area contributed by atoms with Crippen molar-refractivity contribution in [3.8, 4) is 0 Å². The van der Waals surface area contributed by atoms with E-state index in [9.17, 15) is 9.59 Å². The van der Waals surface area contributed by atoms with Gasteiger partial charge < -0.3 is 9.47 Å². The number of ether oxygens (including phenoxy) is 2. The van der Waals surface area contributed by atoms with Crippen LogP contribution < -0.4 is 0 Å². The lowest BCUT2D eigenvalue weighted by atomic mass is 10.1. The highest BCUT2D eigenvalue weighted by atomic mass is 16.5. The summed E-state index contributed by atoms with van der Waals surface area (Å²) in [7, 11) is 2.64. The Balaban J connectivity index is 5.35. The van der Waals surface area contributed by atoms with Crippen molar-refractivity contribution < 1.29 is 19.1 Å². The maximum absolute atomic E-state index is 11.5. The quantitative estimate of drug-likeness (QED) is 0.438. The van der Waals surface area contributed by atoms with Gasteiger partial charge in [-0.05, 0) is 39.8 Å². The molecule has 0 rings (SSSR count). The molecule has 0 aromatic rings. The maximum atomic E-state index is 11.5. The van der Waals surface area contributed by atoms with E-state index in [-0.39, 0.29) is 0 Å². The third kappa shape index (κ3) is 4.57. The average molecular weight is 252 g/mol. The molecule has 0 atom stereocenters. The smallest absolute Gasteiger partial charge is 0.337 e. The zero-order valence-corrected chi connectivity index (χ0v) is 11.8. The van der Waals surface area contributed by atoms with Gasteiger partial charge in [-0.1, -0.05) is 11.1 Å². The van der Waals surface area contributed by atoms with E-state index >= 15 is 0 Å². The summed E-state index contributed by atoms with van der Waals surface area (Å²) in [6, 6.07) is 0. The molecule has 0 unspecified atom stereocenters. The lowest BCUT2D eigenvalue weighted by Crippen LogP contribution is -2.07. The number of methoxy groups -OCH3 is 2. The molecule has 18 heavy (non-hydrogen) atoms. The van der Waals surface area contributed by atoms with Gasteiger partial charge in [0.15, 0.2) is 0 Å². The van der Waals surface area contributed by atoms with Gasteiger partial charge in [0.2, 0.25) is 0 Å². The Kier molecular flexibility index (Phi) is 6.71. The first kappa shape index (κ1) is 16.2. The van der Waals surface area contributed by atoms with Crippen LogP contribution in [0.2, 0.25) is 0 Å². The standard InChI is InChI=1S/C14H20O4/c1-9(2)11(13(15)17-5)7-8-12(10(3)4)14(16)18-6/h7-8H,1-6H3. The molecule has 0 aromatic carbocycles. The Morgan fingerprint density at radius 3 is 1.17 bits per heavy atom. The first-order chi connectivity index (χ1) is 8.34. The van der Waals surface area contributed by atoms with Gasteiger partial charge in [0, 0.05) is 0 Å². The third-order valence-electron chi connectivity index (χ3n) is 2.30. The van der Waals surface area contributed by atoms with Crippen LogP contribution in [0.3, 0.4) is 0 Å². The molecule has 0 aliphatic rings. The lowest BCUT2D eigenvalue weighted by molar-refractivity contribution is -0.136. The molecule has 0 saturated carbocycles.